The molecule has 1 heteroatoms. The van der Waals surface area contributed by atoms with E-state index in [0.29, 0.717) is 5.41 Å². The normalized spacial score (nSPS) is 27.9. The fourth-order valence-electron chi connectivity index (χ4n) is 2.48. The molecule has 0 aromatic carbocycles. The average Bonchev–Trinajstić information content (AvgIpc) is 2.49. The first kappa shape index (κ1) is 11.0. The zero-order valence-electron chi connectivity index (χ0n) is 9.93. The van der Waals surface area contributed by atoms with Gasteiger partial charge in [0.15, 0.2) is 0 Å². The van der Waals surface area contributed by atoms with Crippen LogP contribution in [-0.4, -0.2) is 23.5 Å². The highest BCUT2D eigenvalue weighted by Gasteiger charge is 2.35. The smallest absolute Gasteiger partial charge is 0.0147 e. The standard InChI is InChI=1S/C12H25N/c1-6-10(2)13-9-7-8-11(13)12(3,4)5/h10-11H,6-9H2,1-5H3. The molecule has 1 rings (SSSR count). The molecule has 0 bridgehead atoms. The largest absolute Gasteiger partial charge is 0.297 e. The van der Waals surface area contributed by atoms with Crippen LogP contribution in [0.25, 0.3) is 0 Å². The van der Waals surface area contributed by atoms with Gasteiger partial charge in [-0.25, -0.2) is 0 Å². The van der Waals surface area contributed by atoms with Crippen LogP contribution in [0.3, 0.4) is 0 Å². The number of hydrogen-bond acceptors (Lipinski definition) is 1. The van der Waals surface area contributed by atoms with Crippen molar-refractivity contribution in [2.45, 2.75) is 66.0 Å². The Bertz CT molecular complexity index is 157. The van der Waals surface area contributed by atoms with E-state index >= 15 is 0 Å². The first-order valence-corrected chi connectivity index (χ1v) is 5.72. The molecule has 1 aliphatic rings. The molecule has 0 radical (unpaired) electrons. The third kappa shape index (κ3) is 2.46. The summed E-state index contributed by atoms with van der Waals surface area (Å²) in [5, 5.41) is 0. The first-order chi connectivity index (χ1) is 5.96. The van der Waals surface area contributed by atoms with Gasteiger partial charge in [-0.2, -0.15) is 0 Å². The summed E-state index contributed by atoms with van der Waals surface area (Å²) in [4.78, 5) is 2.71. The quantitative estimate of drug-likeness (QED) is 0.635. The maximum Gasteiger partial charge on any atom is 0.0147 e. The Balaban J connectivity index is 2.64. The van der Waals surface area contributed by atoms with E-state index in [4.69, 9.17) is 0 Å². The molecule has 2 unspecified atom stereocenters. The molecular weight excluding hydrogens is 158 g/mol. The average molecular weight is 183 g/mol. The van der Waals surface area contributed by atoms with Crippen LogP contribution >= 0.6 is 0 Å². The predicted molar refractivity (Wildman–Crippen MR) is 58.9 cm³/mol. The molecule has 0 aliphatic carbocycles. The lowest BCUT2D eigenvalue weighted by molar-refractivity contribution is 0.102. The van der Waals surface area contributed by atoms with Crippen LogP contribution in [0.15, 0.2) is 0 Å². The van der Waals surface area contributed by atoms with E-state index in [9.17, 15) is 0 Å². The second-order valence-corrected chi connectivity index (χ2v) is 5.52. The molecule has 0 N–H and O–H groups in total. The third-order valence-corrected chi connectivity index (χ3v) is 3.45. The van der Waals surface area contributed by atoms with Gasteiger partial charge >= 0.3 is 0 Å². The highest BCUT2D eigenvalue weighted by atomic mass is 15.2. The summed E-state index contributed by atoms with van der Waals surface area (Å²) in [7, 11) is 0. The molecule has 0 aromatic rings. The van der Waals surface area contributed by atoms with Gasteiger partial charge in [0, 0.05) is 12.1 Å². The summed E-state index contributed by atoms with van der Waals surface area (Å²) in [5.74, 6) is 0. The summed E-state index contributed by atoms with van der Waals surface area (Å²) >= 11 is 0. The monoisotopic (exact) mass is 183 g/mol. The number of hydrogen-bond donors (Lipinski definition) is 0. The zero-order chi connectivity index (χ0) is 10.1. The second-order valence-electron chi connectivity index (χ2n) is 5.52. The van der Waals surface area contributed by atoms with Gasteiger partial charge in [0.1, 0.15) is 0 Å². The van der Waals surface area contributed by atoms with Crippen molar-refractivity contribution in [2.75, 3.05) is 6.54 Å². The third-order valence-electron chi connectivity index (χ3n) is 3.45. The number of rotatable bonds is 2. The SMILES string of the molecule is CCC(C)N1CCCC1C(C)(C)C. The Kier molecular flexibility index (Phi) is 3.39. The topological polar surface area (TPSA) is 3.24 Å². The van der Waals surface area contributed by atoms with Crippen LogP contribution in [0, 0.1) is 5.41 Å². The zero-order valence-corrected chi connectivity index (χ0v) is 9.93. The Hall–Kier alpha value is -0.0400. The van der Waals surface area contributed by atoms with Crippen LogP contribution in [0.1, 0.15) is 53.9 Å². The lowest BCUT2D eigenvalue weighted by atomic mass is 9.84. The first-order valence-electron chi connectivity index (χ1n) is 5.72. The summed E-state index contributed by atoms with van der Waals surface area (Å²) in [5.41, 5.74) is 0.458. The summed E-state index contributed by atoms with van der Waals surface area (Å²) < 4.78 is 0. The molecule has 1 heterocycles. The van der Waals surface area contributed by atoms with E-state index < -0.39 is 0 Å². The van der Waals surface area contributed by atoms with Gasteiger partial charge in [0.25, 0.3) is 0 Å². The van der Waals surface area contributed by atoms with Crippen molar-refractivity contribution in [2.24, 2.45) is 5.41 Å². The van der Waals surface area contributed by atoms with E-state index in [2.05, 4.69) is 39.5 Å². The number of nitrogens with zero attached hydrogens (tertiary/aromatic N) is 1. The molecule has 1 aliphatic heterocycles. The maximum absolute atomic E-state index is 2.71. The van der Waals surface area contributed by atoms with Gasteiger partial charge < -0.3 is 0 Å². The molecule has 0 saturated carbocycles. The molecule has 0 spiro atoms. The van der Waals surface area contributed by atoms with E-state index in [-0.39, 0.29) is 0 Å². The molecule has 1 saturated heterocycles. The number of likely N-dealkylation sites (tertiary alicyclic amines) is 1. The van der Waals surface area contributed by atoms with Gasteiger partial charge in [0.2, 0.25) is 0 Å². The van der Waals surface area contributed by atoms with E-state index in [1.807, 2.05) is 0 Å². The Morgan fingerprint density at radius 2 is 2.00 bits per heavy atom. The minimum Gasteiger partial charge on any atom is -0.297 e. The van der Waals surface area contributed by atoms with Crippen molar-refractivity contribution in [3.63, 3.8) is 0 Å². The van der Waals surface area contributed by atoms with Crippen LogP contribution in [0.4, 0.5) is 0 Å². The minimum atomic E-state index is 0.458. The molecule has 1 fully saturated rings. The van der Waals surface area contributed by atoms with Gasteiger partial charge in [-0.1, -0.05) is 27.7 Å². The highest BCUT2D eigenvalue weighted by Crippen LogP contribution is 2.34. The maximum atomic E-state index is 2.71. The molecule has 13 heavy (non-hydrogen) atoms. The van der Waals surface area contributed by atoms with Crippen LogP contribution in [0.5, 0.6) is 0 Å². The van der Waals surface area contributed by atoms with Crippen molar-refractivity contribution in [1.29, 1.82) is 0 Å². The van der Waals surface area contributed by atoms with Gasteiger partial charge in [-0.05, 0) is 38.1 Å². The Morgan fingerprint density at radius 1 is 1.38 bits per heavy atom. The minimum absolute atomic E-state index is 0.458. The fraction of sp³-hybridized carbons (Fsp3) is 1.00. The molecule has 2 atom stereocenters. The molecule has 0 aromatic heterocycles. The summed E-state index contributed by atoms with van der Waals surface area (Å²) in [6.45, 7) is 13.1. The van der Waals surface area contributed by atoms with Crippen molar-refractivity contribution in [3.8, 4) is 0 Å². The van der Waals surface area contributed by atoms with Crippen molar-refractivity contribution >= 4 is 0 Å². The van der Waals surface area contributed by atoms with Crippen molar-refractivity contribution in [3.05, 3.63) is 0 Å². The highest BCUT2D eigenvalue weighted by molar-refractivity contribution is 4.90. The van der Waals surface area contributed by atoms with E-state index in [1.165, 1.54) is 25.8 Å². The van der Waals surface area contributed by atoms with E-state index in [0.717, 1.165) is 12.1 Å². The molecule has 1 nitrogen and oxygen atoms in total. The van der Waals surface area contributed by atoms with E-state index in [1.54, 1.807) is 0 Å². The van der Waals surface area contributed by atoms with Crippen molar-refractivity contribution in [1.82, 2.24) is 4.90 Å². The Labute approximate surface area is 83.5 Å². The second kappa shape index (κ2) is 4.00. The van der Waals surface area contributed by atoms with Gasteiger partial charge in [0.05, 0.1) is 0 Å². The van der Waals surface area contributed by atoms with Crippen LogP contribution in [0.2, 0.25) is 0 Å². The lowest BCUT2D eigenvalue weighted by Gasteiger charge is -2.38. The molecule has 0 amide bonds. The van der Waals surface area contributed by atoms with Crippen molar-refractivity contribution < 1.29 is 0 Å². The fourth-order valence-corrected chi connectivity index (χ4v) is 2.48. The van der Waals surface area contributed by atoms with Crippen LogP contribution < -0.4 is 0 Å². The summed E-state index contributed by atoms with van der Waals surface area (Å²) in [6, 6.07) is 1.58. The molecular formula is C12H25N. The molecule has 78 valence electrons. The van der Waals surface area contributed by atoms with Gasteiger partial charge in [-0.3, -0.25) is 4.90 Å². The summed E-state index contributed by atoms with van der Waals surface area (Å²) in [6.07, 6.45) is 4.08. The van der Waals surface area contributed by atoms with Crippen LogP contribution in [-0.2, 0) is 0 Å². The lowest BCUT2D eigenvalue weighted by Crippen LogP contribution is -2.43. The predicted octanol–water partition coefficient (Wildman–Crippen LogP) is 3.30. The Morgan fingerprint density at radius 3 is 2.46 bits per heavy atom. The van der Waals surface area contributed by atoms with Gasteiger partial charge in [-0.15, -0.1) is 0 Å².